The van der Waals surface area contributed by atoms with E-state index in [0.29, 0.717) is 11.1 Å². The molecule has 0 fully saturated rings. The Morgan fingerprint density at radius 2 is 2.10 bits per heavy atom. The molecule has 21 heavy (non-hydrogen) atoms. The van der Waals surface area contributed by atoms with Gasteiger partial charge in [-0.1, -0.05) is 30.2 Å². The molecule has 0 saturated carbocycles. The summed E-state index contributed by atoms with van der Waals surface area (Å²) in [5.74, 6) is 1.64. The number of carbonyl (C=O) groups is 1. The highest BCUT2D eigenvalue weighted by molar-refractivity contribution is 5.98. The minimum absolute atomic E-state index is 0.249. The molecule has 0 amide bonds. The minimum atomic E-state index is -0.957. The van der Waals surface area contributed by atoms with Gasteiger partial charge in [0.15, 0.2) is 0 Å². The molecule has 0 atom stereocenters. The van der Waals surface area contributed by atoms with Crippen molar-refractivity contribution in [1.29, 1.82) is 0 Å². The second kappa shape index (κ2) is 5.43. The summed E-state index contributed by atoms with van der Waals surface area (Å²) >= 11 is 0. The molecule has 3 rings (SSSR count). The number of rotatable bonds is 2. The zero-order valence-corrected chi connectivity index (χ0v) is 11.5. The van der Waals surface area contributed by atoms with Gasteiger partial charge in [-0.3, -0.25) is 0 Å². The van der Waals surface area contributed by atoms with Crippen LogP contribution in [-0.4, -0.2) is 17.6 Å². The molecule has 104 valence electrons. The Balaban J connectivity index is 2.20. The van der Waals surface area contributed by atoms with Crippen molar-refractivity contribution in [2.24, 2.45) is 0 Å². The number of hydrogen-bond donors (Lipinski definition) is 2. The minimum Gasteiger partial charge on any atom is -0.478 e. The quantitative estimate of drug-likeness (QED) is 0.830. The highest BCUT2D eigenvalue weighted by Gasteiger charge is 2.17. The molecular formula is C18H15NO2. The van der Waals surface area contributed by atoms with Gasteiger partial charge >= 0.3 is 5.97 Å². The van der Waals surface area contributed by atoms with Crippen LogP contribution in [0.1, 0.15) is 27.0 Å². The Hall–Kier alpha value is -2.57. The number of hydrogen-bond acceptors (Lipinski definition) is 2. The van der Waals surface area contributed by atoms with E-state index in [1.807, 2.05) is 6.07 Å². The Morgan fingerprint density at radius 1 is 1.24 bits per heavy atom. The molecule has 1 heterocycles. The molecular weight excluding hydrogens is 262 g/mol. The van der Waals surface area contributed by atoms with Crippen LogP contribution >= 0.6 is 0 Å². The molecule has 0 unspecified atom stereocenters. The summed E-state index contributed by atoms with van der Waals surface area (Å²) in [6, 6.07) is 11.1. The van der Waals surface area contributed by atoms with Crippen molar-refractivity contribution < 1.29 is 9.90 Å². The maximum Gasteiger partial charge on any atom is 0.336 e. The smallest absolute Gasteiger partial charge is 0.336 e. The van der Waals surface area contributed by atoms with Crippen LogP contribution in [0.3, 0.4) is 0 Å². The number of terminal acetylenes is 1. The van der Waals surface area contributed by atoms with Crippen molar-refractivity contribution in [3.8, 4) is 23.5 Å². The molecule has 2 aromatic carbocycles. The topological polar surface area (TPSA) is 49.3 Å². The monoisotopic (exact) mass is 277 g/mol. The Bertz CT molecular complexity index is 756. The van der Waals surface area contributed by atoms with Gasteiger partial charge < -0.3 is 10.4 Å². The molecule has 0 radical (unpaired) electrons. The van der Waals surface area contributed by atoms with E-state index in [1.54, 1.807) is 18.2 Å². The van der Waals surface area contributed by atoms with Crippen LogP contribution in [0, 0.1) is 12.3 Å². The van der Waals surface area contributed by atoms with E-state index in [2.05, 4.69) is 23.4 Å². The Morgan fingerprint density at radius 3 is 2.86 bits per heavy atom. The van der Waals surface area contributed by atoms with E-state index in [9.17, 15) is 9.90 Å². The maximum absolute atomic E-state index is 11.5. The van der Waals surface area contributed by atoms with Crippen molar-refractivity contribution in [1.82, 2.24) is 5.32 Å². The third kappa shape index (κ3) is 2.42. The molecule has 0 aliphatic carbocycles. The van der Waals surface area contributed by atoms with E-state index in [-0.39, 0.29) is 5.56 Å². The fourth-order valence-corrected chi connectivity index (χ4v) is 2.79. The lowest BCUT2D eigenvalue weighted by Crippen LogP contribution is -2.23. The average molecular weight is 277 g/mol. The third-order valence-electron chi connectivity index (χ3n) is 3.83. The molecule has 2 N–H and O–H groups in total. The van der Waals surface area contributed by atoms with Gasteiger partial charge in [-0.25, -0.2) is 4.79 Å². The molecule has 0 bridgehead atoms. The van der Waals surface area contributed by atoms with E-state index < -0.39 is 5.97 Å². The fraction of sp³-hybridized carbons (Fsp3) is 0.167. The van der Waals surface area contributed by atoms with Gasteiger partial charge in [-0.15, -0.1) is 6.42 Å². The van der Waals surface area contributed by atoms with Crippen molar-refractivity contribution in [2.45, 2.75) is 13.0 Å². The van der Waals surface area contributed by atoms with Crippen LogP contribution in [0.4, 0.5) is 0 Å². The van der Waals surface area contributed by atoms with Crippen molar-refractivity contribution in [3.05, 3.63) is 58.7 Å². The van der Waals surface area contributed by atoms with Gasteiger partial charge in [0.2, 0.25) is 0 Å². The van der Waals surface area contributed by atoms with Crippen LogP contribution in [0.5, 0.6) is 0 Å². The SMILES string of the molecule is C#Cc1cccc(C(=O)O)c1-c1ccc2c(c1)CCNC2. The molecule has 0 saturated heterocycles. The summed E-state index contributed by atoms with van der Waals surface area (Å²) in [6.45, 7) is 1.80. The lowest BCUT2D eigenvalue weighted by molar-refractivity contribution is 0.0697. The first kappa shape index (κ1) is 13.4. The Labute approximate surface area is 123 Å². The van der Waals surface area contributed by atoms with Crippen LogP contribution < -0.4 is 5.32 Å². The second-order valence-corrected chi connectivity index (χ2v) is 5.09. The number of carboxylic acid groups (broad SMARTS) is 1. The van der Waals surface area contributed by atoms with Crippen LogP contribution in [0.25, 0.3) is 11.1 Å². The van der Waals surface area contributed by atoms with Crippen molar-refractivity contribution in [3.63, 3.8) is 0 Å². The predicted octanol–water partition coefficient (Wildman–Crippen LogP) is 2.68. The summed E-state index contributed by atoms with van der Waals surface area (Å²) < 4.78 is 0. The summed E-state index contributed by atoms with van der Waals surface area (Å²) in [4.78, 5) is 11.5. The summed E-state index contributed by atoms with van der Waals surface area (Å²) in [7, 11) is 0. The molecule has 1 aliphatic rings. The van der Waals surface area contributed by atoms with E-state index in [0.717, 1.165) is 25.1 Å². The van der Waals surface area contributed by atoms with E-state index in [4.69, 9.17) is 6.42 Å². The first-order valence-corrected chi connectivity index (χ1v) is 6.86. The van der Waals surface area contributed by atoms with Gasteiger partial charge in [0.05, 0.1) is 5.56 Å². The summed E-state index contributed by atoms with van der Waals surface area (Å²) in [5, 5.41) is 12.7. The number of carboxylic acids is 1. The fourth-order valence-electron chi connectivity index (χ4n) is 2.79. The van der Waals surface area contributed by atoms with Gasteiger partial charge in [0.25, 0.3) is 0 Å². The highest BCUT2D eigenvalue weighted by Crippen LogP contribution is 2.30. The lowest BCUT2D eigenvalue weighted by Gasteiger charge is -2.19. The van der Waals surface area contributed by atoms with Gasteiger partial charge in [-0.05, 0) is 41.8 Å². The molecule has 3 nitrogen and oxygen atoms in total. The average Bonchev–Trinajstić information content (AvgIpc) is 2.53. The molecule has 3 heteroatoms. The normalized spacial score (nSPS) is 13.3. The van der Waals surface area contributed by atoms with Crippen molar-refractivity contribution >= 4 is 5.97 Å². The maximum atomic E-state index is 11.5. The van der Waals surface area contributed by atoms with Crippen LogP contribution in [-0.2, 0) is 13.0 Å². The second-order valence-electron chi connectivity index (χ2n) is 5.09. The zero-order valence-electron chi connectivity index (χ0n) is 11.5. The van der Waals surface area contributed by atoms with Crippen LogP contribution in [0.2, 0.25) is 0 Å². The summed E-state index contributed by atoms with van der Waals surface area (Å²) in [5.41, 5.74) is 4.90. The van der Waals surface area contributed by atoms with Gasteiger partial charge in [-0.2, -0.15) is 0 Å². The third-order valence-corrected chi connectivity index (χ3v) is 3.83. The first-order valence-electron chi connectivity index (χ1n) is 6.86. The lowest BCUT2D eigenvalue weighted by atomic mass is 9.90. The Kier molecular flexibility index (Phi) is 3.47. The highest BCUT2D eigenvalue weighted by atomic mass is 16.4. The predicted molar refractivity (Wildman–Crippen MR) is 82.2 cm³/mol. The first-order chi connectivity index (χ1) is 10.2. The van der Waals surface area contributed by atoms with E-state index >= 15 is 0 Å². The molecule has 0 spiro atoms. The van der Waals surface area contributed by atoms with Crippen LogP contribution in [0.15, 0.2) is 36.4 Å². The molecule has 0 aromatic heterocycles. The summed E-state index contributed by atoms with van der Waals surface area (Å²) in [6.07, 6.45) is 6.49. The van der Waals surface area contributed by atoms with Gasteiger partial charge in [0, 0.05) is 17.7 Å². The standard InChI is InChI=1S/C18H15NO2/c1-2-12-4-3-5-16(18(20)21)17(12)14-6-7-15-11-19-9-8-13(15)10-14/h1,3-7,10,19H,8-9,11H2,(H,20,21). The van der Waals surface area contributed by atoms with Gasteiger partial charge in [0.1, 0.15) is 0 Å². The zero-order chi connectivity index (χ0) is 14.8. The van der Waals surface area contributed by atoms with Crippen molar-refractivity contribution in [2.75, 3.05) is 6.54 Å². The molecule has 2 aromatic rings. The number of nitrogens with one attached hydrogen (secondary N) is 1. The largest absolute Gasteiger partial charge is 0.478 e. The molecule has 1 aliphatic heterocycles. The van der Waals surface area contributed by atoms with E-state index in [1.165, 1.54) is 11.1 Å². The number of benzene rings is 2. The number of fused-ring (bicyclic) bond motifs is 1. The number of aromatic carboxylic acids is 1.